The molecular weight excluding hydrogens is 240 g/mol. The van der Waals surface area contributed by atoms with Crippen LogP contribution in [0.3, 0.4) is 0 Å². The van der Waals surface area contributed by atoms with Crippen molar-refractivity contribution >= 4 is 16.7 Å². The van der Waals surface area contributed by atoms with Gasteiger partial charge in [-0.3, -0.25) is 0 Å². The second kappa shape index (κ2) is 5.02. The molecule has 0 heterocycles. The monoisotopic (exact) mass is 257 g/mol. The number of carbonyl (C=O) groups is 1. The zero-order valence-corrected chi connectivity index (χ0v) is 11.3. The van der Waals surface area contributed by atoms with Crippen molar-refractivity contribution in [2.45, 2.75) is 32.5 Å². The molecule has 0 N–H and O–H groups in total. The molecule has 2 aromatic rings. The third-order valence-corrected chi connectivity index (χ3v) is 2.73. The number of ether oxygens (including phenoxy) is 1. The highest BCUT2D eigenvalue weighted by Crippen LogP contribution is 2.26. The summed E-state index contributed by atoms with van der Waals surface area (Å²) in [5.74, 6) is -0.733. The number of carbonyl (C=O) groups excluding carboxylic acids is 1. The van der Waals surface area contributed by atoms with E-state index in [1.54, 1.807) is 32.9 Å². The molecule has 1 atom stereocenters. The Balaban J connectivity index is 2.36. The minimum atomic E-state index is -1.51. The Morgan fingerprint density at radius 3 is 2.37 bits per heavy atom. The Hall–Kier alpha value is -1.87. The summed E-state index contributed by atoms with van der Waals surface area (Å²) in [5.41, 5.74) is -0.183. The zero-order valence-electron chi connectivity index (χ0n) is 11.3. The summed E-state index contributed by atoms with van der Waals surface area (Å²) >= 11 is 0. The van der Waals surface area contributed by atoms with E-state index in [4.69, 9.17) is 4.74 Å². The molecule has 0 saturated heterocycles. The third kappa shape index (κ3) is 3.12. The normalized spacial score (nSPS) is 13.3. The maximum Gasteiger partial charge on any atom is 0.343 e. The molecule has 0 saturated carbocycles. The highest BCUT2D eigenvalue weighted by Gasteiger charge is 2.27. The van der Waals surface area contributed by atoms with Crippen LogP contribution in [0.2, 0.25) is 0 Å². The van der Waals surface area contributed by atoms with Gasteiger partial charge in [-0.25, -0.2) is 9.90 Å². The topological polar surface area (TPSA) is 46.2 Å². The Bertz CT molecular complexity index is 591. The summed E-state index contributed by atoms with van der Waals surface area (Å²) in [6, 6.07) is 12.9. The van der Waals surface area contributed by atoms with Crippen molar-refractivity contribution in [3.8, 4) is 0 Å². The molecule has 0 spiro atoms. The summed E-state index contributed by atoms with van der Waals surface area (Å²) in [4.78, 5) is 11.9. The first kappa shape index (κ1) is 13.6. The summed E-state index contributed by atoms with van der Waals surface area (Å²) in [6.07, 6.45) is -1.51. The number of benzene rings is 2. The van der Waals surface area contributed by atoms with E-state index in [1.165, 1.54) is 0 Å². The lowest BCUT2D eigenvalue weighted by Crippen LogP contribution is -2.27. The fraction of sp³-hybridized carbons (Fsp3) is 0.312. The van der Waals surface area contributed by atoms with E-state index in [2.05, 4.69) is 0 Å². The van der Waals surface area contributed by atoms with Gasteiger partial charge in [0, 0.05) is 5.56 Å². The number of rotatable bonds is 2. The van der Waals surface area contributed by atoms with Crippen molar-refractivity contribution in [3.63, 3.8) is 0 Å². The van der Waals surface area contributed by atoms with Crippen LogP contribution in [0.15, 0.2) is 42.5 Å². The van der Waals surface area contributed by atoms with Gasteiger partial charge in [-0.05, 0) is 31.5 Å². The maximum absolute atomic E-state index is 12.2. The molecule has 3 heteroatoms. The van der Waals surface area contributed by atoms with Gasteiger partial charge in [-0.2, -0.15) is 0 Å². The molecule has 2 aromatic carbocycles. The van der Waals surface area contributed by atoms with Crippen LogP contribution in [0.4, 0.5) is 0 Å². The second-order valence-corrected chi connectivity index (χ2v) is 5.48. The van der Waals surface area contributed by atoms with Crippen molar-refractivity contribution < 1.29 is 14.6 Å². The molecule has 3 nitrogen and oxygen atoms in total. The molecule has 2 rings (SSSR count). The van der Waals surface area contributed by atoms with Crippen molar-refractivity contribution in [2.24, 2.45) is 0 Å². The summed E-state index contributed by atoms with van der Waals surface area (Å²) in [6.45, 7) is 5.25. The van der Waals surface area contributed by atoms with Crippen LogP contribution in [0, 0.1) is 0 Å². The van der Waals surface area contributed by atoms with Crippen molar-refractivity contribution in [2.75, 3.05) is 0 Å². The molecule has 0 unspecified atom stereocenters. The number of hydrogen-bond donors (Lipinski definition) is 0. The number of hydrogen-bond acceptors (Lipinski definition) is 2. The van der Waals surface area contributed by atoms with Crippen LogP contribution >= 0.6 is 0 Å². The first-order valence-corrected chi connectivity index (χ1v) is 6.25. The highest BCUT2D eigenvalue weighted by molar-refractivity contribution is 5.90. The molecule has 0 aromatic heterocycles. The quantitative estimate of drug-likeness (QED) is 0.771. The van der Waals surface area contributed by atoms with E-state index in [1.807, 2.05) is 30.3 Å². The fourth-order valence-electron chi connectivity index (χ4n) is 1.96. The van der Waals surface area contributed by atoms with Gasteiger partial charge < -0.3 is 4.74 Å². The third-order valence-electron chi connectivity index (χ3n) is 2.73. The van der Waals surface area contributed by atoms with E-state index in [9.17, 15) is 9.90 Å². The lowest BCUT2D eigenvalue weighted by molar-refractivity contribution is -0.169. The van der Waals surface area contributed by atoms with Crippen LogP contribution in [-0.2, 0) is 14.6 Å². The molecule has 0 amide bonds. The maximum atomic E-state index is 12.2. The van der Waals surface area contributed by atoms with Gasteiger partial charge >= 0.3 is 5.97 Å². The van der Waals surface area contributed by atoms with Gasteiger partial charge in [0.1, 0.15) is 5.60 Å². The van der Waals surface area contributed by atoms with Crippen LogP contribution in [-0.4, -0.2) is 11.6 Å². The summed E-state index contributed by atoms with van der Waals surface area (Å²) in [7, 11) is 0. The first-order valence-electron chi connectivity index (χ1n) is 6.25. The smallest absolute Gasteiger partial charge is 0.343 e. The van der Waals surface area contributed by atoms with Gasteiger partial charge in [-0.1, -0.05) is 42.5 Å². The second-order valence-electron chi connectivity index (χ2n) is 5.48. The van der Waals surface area contributed by atoms with Gasteiger partial charge in [0.05, 0.1) is 0 Å². The van der Waals surface area contributed by atoms with E-state index >= 15 is 0 Å². The molecule has 99 valence electrons. The van der Waals surface area contributed by atoms with E-state index in [0.29, 0.717) is 5.56 Å². The molecular formula is C16H17O3. The molecule has 19 heavy (non-hydrogen) atoms. The first-order chi connectivity index (χ1) is 8.88. The predicted molar refractivity (Wildman–Crippen MR) is 73.2 cm³/mol. The minimum absolute atomic E-state index is 0.465. The zero-order chi connectivity index (χ0) is 14.0. The van der Waals surface area contributed by atoms with Crippen molar-refractivity contribution in [1.82, 2.24) is 0 Å². The SMILES string of the molecule is CC(C)(C)OC(=O)[C@H]([O])c1cccc2ccccc12. The average molecular weight is 257 g/mol. The van der Waals surface area contributed by atoms with E-state index in [-0.39, 0.29) is 0 Å². The lowest BCUT2D eigenvalue weighted by atomic mass is 10.0. The van der Waals surface area contributed by atoms with Gasteiger partial charge in [0.15, 0.2) is 0 Å². The molecule has 0 aliphatic carbocycles. The van der Waals surface area contributed by atoms with E-state index in [0.717, 1.165) is 10.8 Å². The van der Waals surface area contributed by atoms with Gasteiger partial charge in [0.2, 0.25) is 6.10 Å². The van der Waals surface area contributed by atoms with Gasteiger partial charge in [0.25, 0.3) is 0 Å². The van der Waals surface area contributed by atoms with Crippen LogP contribution < -0.4 is 0 Å². The summed E-state index contributed by atoms with van der Waals surface area (Å²) < 4.78 is 5.15. The predicted octanol–water partition coefficient (Wildman–Crippen LogP) is 3.65. The highest BCUT2D eigenvalue weighted by atomic mass is 16.6. The summed E-state index contributed by atoms with van der Waals surface area (Å²) in [5, 5.41) is 14.0. The number of fused-ring (bicyclic) bond motifs is 1. The van der Waals surface area contributed by atoms with Crippen molar-refractivity contribution in [1.29, 1.82) is 0 Å². The molecule has 0 aliphatic rings. The standard InChI is InChI=1S/C16H17O3/c1-16(2,3)19-15(18)14(17)13-10-6-8-11-7-4-5-9-12(11)13/h4-10,14H,1-3H3/t14-/m1/s1. The van der Waals surface area contributed by atoms with Crippen LogP contribution in [0.25, 0.3) is 10.8 Å². The molecule has 0 aliphatic heterocycles. The molecule has 0 bridgehead atoms. The Morgan fingerprint density at radius 2 is 1.68 bits per heavy atom. The minimum Gasteiger partial charge on any atom is -0.458 e. The Labute approximate surface area is 112 Å². The molecule has 0 fully saturated rings. The van der Waals surface area contributed by atoms with E-state index < -0.39 is 17.7 Å². The van der Waals surface area contributed by atoms with Crippen molar-refractivity contribution in [3.05, 3.63) is 48.0 Å². The number of esters is 1. The Morgan fingerprint density at radius 1 is 1.05 bits per heavy atom. The average Bonchev–Trinajstić information content (AvgIpc) is 2.35. The van der Waals surface area contributed by atoms with Crippen LogP contribution in [0.1, 0.15) is 32.4 Å². The fourth-order valence-corrected chi connectivity index (χ4v) is 1.96. The molecule has 1 radical (unpaired) electrons. The lowest BCUT2D eigenvalue weighted by Gasteiger charge is -2.21. The Kier molecular flexibility index (Phi) is 3.58. The largest absolute Gasteiger partial charge is 0.458 e. The van der Waals surface area contributed by atoms with Gasteiger partial charge in [-0.15, -0.1) is 0 Å². The van der Waals surface area contributed by atoms with Crippen LogP contribution in [0.5, 0.6) is 0 Å².